The molecule has 0 saturated carbocycles. The van der Waals surface area contributed by atoms with Crippen LogP contribution in [0.1, 0.15) is 24.5 Å². The zero-order valence-corrected chi connectivity index (χ0v) is 10.4. The minimum Gasteiger partial charge on any atom is -0.402 e. The van der Waals surface area contributed by atoms with Gasteiger partial charge in [-0.2, -0.15) is 0 Å². The molecule has 2 unspecified atom stereocenters. The Kier molecular flexibility index (Phi) is 4.15. The Morgan fingerprint density at radius 2 is 1.85 bits per heavy atom. The van der Waals surface area contributed by atoms with E-state index in [9.17, 15) is 0 Å². The van der Waals surface area contributed by atoms with E-state index in [2.05, 4.69) is 31.2 Å². The number of ether oxygens (including phenoxy) is 1. The van der Waals surface area contributed by atoms with Gasteiger partial charge in [0.15, 0.2) is 0 Å². The number of rotatable bonds is 1. The molecule has 2 atom stereocenters. The molecule has 1 aliphatic heterocycles. The van der Waals surface area contributed by atoms with Crippen LogP contribution < -0.4 is 0 Å². The molecule has 2 heteroatoms. The molecule has 0 aliphatic carbocycles. The van der Waals surface area contributed by atoms with Gasteiger partial charge in [0, 0.05) is 21.1 Å². The average molecular weight is 345 g/mol. The number of hydrogen-bond acceptors (Lipinski definition) is 1. The molecule has 1 fully saturated rings. The van der Waals surface area contributed by atoms with E-state index >= 15 is 0 Å². The van der Waals surface area contributed by atoms with Gasteiger partial charge in [-0.05, 0) is 12.0 Å². The second-order valence-electron chi connectivity index (χ2n) is 3.23. The largest absolute Gasteiger partial charge is 0.402 e. The first-order valence-corrected chi connectivity index (χ1v) is 4.40. The minimum absolute atomic E-state index is 0. The average Bonchev–Trinajstić information content (AvgIpc) is 2.54. The van der Waals surface area contributed by atoms with E-state index < -0.39 is 0 Å². The molecule has 0 amide bonds. The summed E-state index contributed by atoms with van der Waals surface area (Å²) in [6, 6.07) is 10.4. The molecule has 0 aromatic heterocycles. The standard InChI is InChI=1S/C11H13O.W/c1-9-7-8-11(12-9)10-5-3-2-4-6-10;/h2-6,9,11H,1,7-8H2;/q-1;. The molecule has 13 heavy (non-hydrogen) atoms. The van der Waals surface area contributed by atoms with Gasteiger partial charge in [-0.15, -0.1) is 0 Å². The molecule has 0 spiro atoms. The Labute approximate surface area is 93.8 Å². The van der Waals surface area contributed by atoms with Crippen molar-refractivity contribution in [3.05, 3.63) is 42.8 Å². The molecule has 70 valence electrons. The van der Waals surface area contributed by atoms with Crippen LogP contribution in [-0.4, -0.2) is 6.10 Å². The fourth-order valence-electron chi connectivity index (χ4n) is 1.62. The van der Waals surface area contributed by atoms with Gasteiger partial charge in [0.2, 0.25) is 0 Å². The van der Waals surface area contributed by atoms with Crippen molar-refractivity contribution >= 4 is 0 Å². The Morgan fingerprint density at radius 3 is 2.38 bits per heavy atom. The van der Waals surface area contributed by atoms with E-state index in [1.54, 1.807) is 0 Å². The van der Waals surface area contributed by atoms with Gasteiger partial charge in [0.1, 0.15) is 0 Å². The predicted molar refractivity (Wildman–Crippen MR) is 48.6 cm³/mol. The normalized spacial score (nSPS) is 26.8. The van der Waals surface area contributed by atoms with Crippen LogP contribution in [0.3, 0.4) is 0 Å². The van der Waals surface area contributed by atoms with Crippen molar-refractivity contribution in [1.29, 1.82) is 0 Å². The monoisotopic (exact) mass is 345 g/mol. The summed E-state index contributed by atoms with van der Waals surface area (Å²) in [5, 5.41) is 0. The van der Waals surface area contributed by atoms with Gasteiger partial charge in [0.05, 0.1) is 6.10 Å². The van der Waals surface area contributed by atoms with Crippen LogP contribution in [0.15, 0.2) is 30.3 Å². The second kappa shape index (κ2) is 4.93. The van der Waals surface area contributed by atoms with Crippen molar-refractivity contribution in [3.63, 3.8) is 0 Å². The maximum Gasteiger partial charge on any atom is 0.0792 e. The van der Waals surface area contributed by atoms with E-state index in [-0.39, 0.29) is 33.3 Å². The topological polar surface area (TPSA) is 9.23 Å². The third-order valence-electron chi connectivity index (χ3n) is 2.28. The van der Waals surface area contributed by atoms with Crippen LogP contribution in [0.4, 0.5) is 0 Å². The molecular weight excluding hydrogens is 332 g/mol. The van der Waals surface area contributed by atoms with Crippen LogP contribution in [0.2, 0.25) is 0 Å². The minimum atomic E-state index is 0. The summed E-state index contributed by atoms with van der Waals surface area (Å²) in [6.45, 7) is 3.89. The molecule has 0 radical (unpaired) electrons. The third kappa shape index (κ3) is 2.65. The maximum atomic E-state index is 5.64. The third-order valence-corrected chi connectivity index (χ3v) is 2.28. The molecule has 0 N–H and O–H groups in total. The predicted octanol–water partition coefficient (Wildman–Crippen LogP) is 2.74. The molecule has 1 heterocycles. The van der Waals surface area contributed by atoms with Crippen LogP contribution in [0.5, 0.6) is 0 Å². The van der Waals surface area contributed by atoms with Crippen molar-refractivity contribution in [2.75, 3.05) is 0 Å². The fraction of sp³-hybridized carbons (Fsp3) is 0.364. The number of benzene rings is 1. The van der Waals surface area contributed by atoms with Gasteiger partial charge in [-0.25, -0.2) is 0 Å². The molecule has 1 aromatic rings. The molecule has 2 rings (SSSR count). The van der Waals surface area contributed by atoms with E-state index in [0.717, 1.165) is 12.8 Å². The Morgan fingerprint density at radius 1 is 1.15 bits per heavy atom. The first-order valence-electron chi connectivity index (χ1n) is 4.40. The van der Waals surface area contributed by atoms with E-state index in [0.29, 0.717) is 0 Å². The van der Waals surface area contributed by atoms with Gasteiger partial charge >= 0.3 is 0 Å². The van der Waals surface area contributed by atoms with E-state index in [4.69, 9.17) is 4.74 Å². The Bertz CT molecular complexity index is 248. The molecule has 1 saturated heterocycles. The summed E-state index contributed by atoms with van der Waals surface area (Å²) in [4.78, 5) is 0. The summed E-state index contributed by atoms with van der Waals surface area (Å²) in [7, 11) is 0. The molecule has 1 aromatic carbocycles. The van der Waals surface area contributed by atoms with Gasteiger partial charge in [0.25, 0.3) is 0 Å². The maximum absolute atomic E-state index is 5.64. The fourth-order valence-corrected chi connectivity index (χ4v) is 1.62. The SMILES string of the molecule is [CH2-]C1CCC(c2ccccc2)O1.[W]. The molecular formula is C11H13OW-. The van der Waals surface area contributed by atoms with Crippen LogP contribution >= 0.6 is 0 Å². The molecule has 0 bridgehead atoms. The van der Waals surface area contributed by atoms with Crippen molar-refractivity contribution in [3.8, 4) is 0 Å². The number of hydrogen-bond donors (Lipinski definition) is 0. The zero-order valence-electron chi connectivity index (χ0n) is 7.48. The van der Waals surface area contributed by atoms with Crippen molar-refractivity contribution in [2.24, 2.45) is 0 Å². The van der Waals surface area contributed by atoms with Gasteiger partial charge in [-0.3, -0.25) is 0 Å². The van der Waals surface area contributed by atoms with E-state index in [1.165, 1.54) is 5.56 Å². The van der Waals surface area contributed by atoms with Crippen molar-refractivity contribution in [2.45, 2.75) is 25.0 Å². The van der Waals surface area contributed by atoms with Crippen molar-refractivity contribution in [1.82, 2.24) is 0 Å². The molecule has 1 aliphatic rings. The Hall–Kier alpha value is -0.132. The quantitative estimate of drug-likeness (QED) is 0.712. The zero-order chi connectivity index (χ0) is 8.39. The summed E-state index contributed by atoms with van der Waals surface area (Å²) in [6.07, 6.45) is 2.67. The van der Waals surface area contributed by atoms with Gasteiger partial charge in [-0.1, -0.05) is 42.9 Å². The van der Waals surface area contributed by atoms with Gasteiger partial charge < -0.3 is 11.7 Å². The summed E-state index contributed by atoms with van der Waals surface area (Å²) < 4.78 is 5.64. The first kappa shape index (κ1) is 10.9. The first-order chi connectivity index (χ1) is 5.86. The van der Waals surface area contributed by atoms with Crippen LogP contribution in [0, 0.1) is 6.92 Å². The Balaban J connectivity index is 0.000000845. The second-order valence-corrected chi connectivity index (χ2v) is 3.23. The van der Waals surface area contributed by atoms with Crippen LogP contribution in [-0.2, 0) is 25.8 Å². The van der Waals surface area contributed by atoms with E-state index in [1.807, 2.05) is 6.07 Å². The summed E-state index contributed by atoms with van der Waals surface area (Å²) in [5.74, 6) is 0. The van der Waals surface area contributed by atoms with Crippen LogP contribution in [0.25, 0.3) is 0 Å². The summed E-state index contributed by atoms with van der Waals surface area (Å²) >= 11 is 0. The molecule has 1 nitrogen and oxygen atoms in total. The smallest absolute Gasteiger partial charge is 0.0792 e. The van der Waals surface area contributed by atoms with Crippen molar-refractivity contribution < 1.29 is 25.8 Å². The summed E-state index contributed by atoms with van der Waals surface area (Å²) in [5.41, 5.74) is 1.28.